The van der Waals surface area contributed by atoms with Crippen molar-refractivity contribution in [3.8, 4) is 6.07 Å². The van der Waals surface area contributed by atoms with Crippen LogP contribution in [-0.4, -0.2) is 34.6 Å². The molecule has 8 nitrogen and oxygen atoms in total. The maximum atomic E-state index is 12.9. The number of esters is 1. The number of ether oxygens (including phenoxy) is 1. The normalized spacial score (nSPS) is 12.8. The highest BCUT2D eigenvalue weighted by Gasteiger charge is 2.28. The molecule has 1 aliphatic rings. The minimum atomic E-state index is -0.562. The molecule has 3 aromatic rings. The van der Waals surface area contributed by atoms with Gasteiger partial charge in [0.25, 0.3) is 11.5 Å². The van der Waals surface area contributed by atoms with Crippen molar-refractivity contribution in [3.05, 3.63) is 70.8 Å². The topological polar surface area (TPSA) is 105 Å². The van der Waals surface area contributed by atoms with Crippen LogP contribution in [0.1, 0.15) is 31.1 Å². The number of aryl methyl sites for hydroxylation is 1. The maximum absolute atomic E-state index is 12.9. The summed E-state index contributed by atoms with van der Waals surface area (Å²) in [5.41, 5.74) is 1.07. The van der Waals surface area contributed by atoms with Gasteiger partial charge in [-0.15, -0.1) is 0 Å². The Hall–Kier alpha value is -3.99. The number of para-hydroxylation sites is 2. The Morgan fingerprint density at radius 2 is 1.84 bits per heavy atom. The van der Waals surface area contributed by atoms with E-state index in [1.807, 2.05) is 18.2 Å². The second-order valence-electron chi connectivity index (χ2n) is 7.59. The lowest BCUT2D eigenvalue weighted by Gasteiger charge is -2.19. The molecule has 0 N–H and O–H groups in total. The van der Waals surface area contributed by atoms with E-state index in [0.29, 0.717) is 22.4 Å². The molecular formula is C24H22N4O4. The number of hydrogen-bond acceptors (Lipinski definition) is 6. The number of nitriles is 1. The number of rotatable bonds is 8. The molecule has 1 heterocycles. The summed E-state index contributed by atoms with van der Waals surface area (Å²) in [4.78, 5) is 43.6. The maximum Gasteiger partial charge on any atom is 0.306 e. The smallest absolute Gasteiger partial charge is 0.306 e. The standard InChI is InChI=1S/C24H22N4O4/c25-14-15-27(17-6-2-1-3-7-17)22(29)16-32-23(30)13-12-21-26-20-9-5-4-8-19(20)24(31)28(21)18-10-11-18/h1-9,18H,10-13,15-16H2. The highest BCUT2D eigenvalue weighted by molar-refractivity contribution is 5.95. The minimum Gasteiger partial charge on any atom is -0.456 e. The van der Waals surface area contributed by atoms with Gasteiger partial charge >= 0.3 is 5.97 Å². The van der Waals surface area contributed by atoms with Crippen LogP contribution >= 0.6 is 0 Å². The summed E-state index contributed by atoms with van der Waals surface area (Å²) in [6.45, 7) is -0.606. The van der Waals surface area contributed by atoms with E-state index < -0.39 is 18.5 Å². The first kappa shape index (κ1) is 21.2. The SMILES string of the molecule is N#CCN(C(=O)COC(=O)CCc1nc2ccccc2c(=O)n1C1CC1)c1ccccc1. The summed E-state index contributed by atoms with van der Waals surface area (Å²) in [5.74, 6) is -0.493. The predicted octanol–water partition coefficient (Wildman–Crippen LogP) is 2.76. The number of hydrogen-bond donors (Lipinski definition) is 0. The van der Waals surface area contributed by atoms with Gasteiger partial charge in [0.1, 0.15) is 12.4 Å². The molecule has 0 bridgehead atoms. The van der Waals surface area contributed by atoms with Crippen molar-refractivity contribution in [2.24, 2.45) is 0 Å². The molecule has 1 aliphatic carbocycles. The zero-order valence-electron chi connectivity index (χ0n) is 17.4. The van der Waals surface area contributed by atoms with Crippen molar-refractivity contribution in [1.82, 2.24) is 9.55 Å². The fraction of sp³-hybridized carbons (Fsp3) is 0.292. The Balaban J connectivity index is 1.41. The summed E-state index contributed by atoms with van der Waals surface area (Å²) in [7, 11) is 0. The van der Waals surface area contributed by atoms with Crippen LogP contribution in [0.2, 0.25) is 0 Å². The zero-order chi connectivity index (χ0) is 22.5. The Morgan fingerprint density at radius 1 is 1.12 bits per heavy atom. The Labute approximate surface area is 184 Å². The van der Waals surface area contributed by atoms with Crippen molar-refractivity contribution < 1.29 is 14.3 Å². The number of benzene rings is 2. The summed E-state index contributed by atoms with van der Waals surface area (Å²) in [6, 6.07) is 18.0. The molecule has 8 heteroatoms. The number of carbonyl (C=O) groups is 2. The van der Waals surface area contributed by atoms with Crippen LogP contribution in [0.25, 0.3) is 10.9 Å². The first-order valence-electron chi connectivity index (χ1n) is 10.5. The summed E-state index contributed by atoms with van der Waals surface area (Å²) >= 11 is 0. The van der Waals surface area contributed by atoms with E-state index in [1.165, 1.54) is 4.90 Å². The van der Waals surface area contributed by atoms with Crippen molar-refractivity contribution in [3.63, 3.8) is 0 Å². The van der Waals surface area contributed by atoms with Crippen LogP contribution in [0, 0.1) is 11.3 Å². The Morgan fingerprint density at radius 3 is 2.56 bits per heavy atom. The number of aromatic nitrogens is 2. The molecule has 1 aromatic heterocycles. The van der Waals surface area contributed by atoms with Gasteiger partial charge < -0.3 is 4.74 Å². The highest BCUT2D eigenvalue weighted by atomic mass is 16.5. The van der Waals surface area contributed by atoms with Gasteiger partial charge in [0.05, 0.1) is 23.4 Å². The number of nitrogens with zero attached hydrogens (tertiary/aromatic N) is 4. The number of anilines is 1. The van der Waals surface area contributed by atoms with Gasteiger partial charge in [-0.1, -0.05) is 30.3 Å². The van der Waals surface area contributed by atoms with Gasteiger partial charge in [0.2, 0.25) is 0 Å². The van der Waals surface area contributed by atoms with E-state index in [-0.39, 0.29) is 31.0 Å². The van der Waals surface area contributed by atoms with E-state index in [1.54, 1.807) is 47.0 Å². The van der Waals surface area contributed by atoms with Gasteiger partial charge in [-0.05, 0) is 37.1 Å². The fourth-order valence-electron chi connectivity index (χ4n) is 3.59. The Bertz CT molecular complexity index is 1240. The number of amides is 1. The molecule has 0 aliphatic heterocycles. The Kier molecular flexibility index (Phi) is 6.26. The van der Waals surface area contributed by atoms with Crippen LogP contribution in [0.15, 0.2) is 59.4 Å². The fourth-order valence-corrected chi connectivity index (χ4v) is 3.59. The summed E-state index contributed by atoms with van der Waals surface area (Å²) < 4.78 is 6.84. The molecule has 0 unspecified atom stereocenters. The summed E-state index contributed by atoms with van der Waals surface area (Å²) in [6.07, 6.45) is 2.07. The second kappa shape index (κ2) is 9.43. The molecule has 0 radical (unpaired) electrons. The van der Waals surface area contributed by atoms with Crippen LogP contribution in [0.3, 0.4) is 0 Å². The quantitative estimate of drug-likeness (QED) is 0.402. The van der Waals surface area contributed by atoms with Gasteiger partial charge in [-0.25, -0.2) is 4.98 Å². The molecular weight excluding hydrogens is 408 g/mol. The molecule has 0 spiro atoms. The average molecular weight is 430 g/mol. The number of fused-ring (bicyclic) bond motifs is 1. The summed E-state index contributed by atoms with van der Waals surface area (Å²) in [5, 5.41) is 9.59. The lowest BCUT2D eigenvalue weighted by Crippen LogP contribution is -2.35. The molecule has 1 saturated carbocycles. The second-order valence-corrected chi connectivity index (χ2v) is 7.59. The molecule has 1 amide bonds. The lowest BCUT2D eigenvalue weighted by atomic mass is 10.2. The average Bonchev–Trinajstić information content (AvgIpc) is 3.65. The van der Waals surface area contributed by atoms with Crippen molar-refractivity contribution in [1.29, 1.82) is 5.26 Å². The molecule has 1 fully saturated rings. The zero-order valence-corrected chi connectivity index (χ0v) is 17.4. The van der Waals surface area contributed by atoms with Gasteiger partial charge in [0.15, 0.2) is 6.61 Å². The first-order chi connectivity index (χ1) is 15.6. The third kappa shape index (κ3) is 4.67. The highest BCUT2D eigenvalue weighted by Crippen LogP contribution is 2.34. The van der Waals surface area contributed by atoms with E-state index >= 15 is 0 Å². The van der Waals surface area contributed by atoms with Crippen LogP contribution in [-0.2, 0) is 20.7 Å². The van der Waals surface area contributed by atoms with Gasteiger partial charge in [0, 0.05) is 18.2 Å². The van der Waals surface area contributed by atoms with Crippen LogP contribution < -0.4 is 10.5 Å². The minimum absolute atomic E-state index is 0.00559. The van der Waals surface area contributed by atoms with Crippen LogP contribution in [0.5, 0.6) is 0 Å². The number of carbonyl (C=O) groups excluding carboxylic acids is 2. The lowest BCUT2D eigenvalue weighted by molar-refractivity contribution is -0.147. The van der Waals surface area contributed by atoms with Gasteiger partial charge in [-0.3, -0.25) is 23.9 Å². The molecule has 0 saturated heterocycles. The van der Waals surface area contributed by atoms with E-state index in [9.17, 15) is 14.4 Å². The van der Waals surface area contributed by atoms with Crippen molar-refractivity contribution >= 4 is 28.5 Å². The monoisotopic (exact) mass is 430 g/mol. The third-order valence-electron chi connectivity index (χ3n) is 5.30. The largest absolute Gasteiger partial charge is 0.456 e. The third-order valence-corrected chi connectivity index (χ3v) is 5.30. The van der Waals surface area contributed by atoms with Crippen molar-refractivity contribution in [2.75, 3.05) is 18.1 Å². The van der Waals surface area contributed by atoms with Crippen LogP contribution in [0.4, 0.5) is 5.69 Å². The molecule has 2 aromatic carbocycles. The predicted molar refractivity (Wildman–Crippen MR) is 118 cm³/mol. The molecule has 0 atom stereocenters. The molecule has 32 heavy (non-hydrogen) atoms. The first-order valence-corrected chi connectivity index (χ1v) is 10.5. The molecule has 4 rings (SSSR count). The van der Waals surface area contributed by atoms with E-state index in [2.05, 4.69) is 4.98 Å². The van der Waals surface area contributed by atoms with E-state index in [4.69, 9.17) is 10.00 Å². The van der Waals surface area contributed by atoms with E-state index in [0.717, 1.165) is 12.8 Å². The van der Waals surface area contributed by atoms with Crippen molar-refractivity contribution in [2.45, 2.75) is 31.7 Å². The molecule has 162 valence electrons. The van der Waals surface area contributed by atoms with Gasteiger partial charge in [-0.2, -0.15) is 5.26 Å².